The van der Waals surface area contributed by atoms with E-state index < -0.39 is 5.97 Å². The van der Waals surface area contributed by atoms with Crippen LogP contribution in [0.15, 0.2) is 71.8 Å². The number of nitrogens with one attached hydrogen (secondary N) is 1. The molecule has 1 amide bonds. The van der Waals surface area contributed by atoms with E-state index >= 15 is 0 Å². The number of esters is 1. The number of carbonyl (C=O) groups is 2. The smallest absolute Gasteiger partial charge is 0.343 e. The Morgan fingerprint density at radius 1 is 0.938 bits per heavy atom. The molecule has 1 N–H and O–H groups in total. The van der Waals surface area contributed by atoms with E-state index in [1.807, 2.05) is 38.1 Å². The van der Waals surface area contributed by atoms with Gasteiger partial charge in [0.2, 0.25) is 0 Å². The maximum Gasteiger partial charge on any atom is 0.343 e. The largest absolute Gasteiger partial charge is 0.493 e. The van der Waals surface area contributed by atoms with Crippen molar-refractivity contribution in [1.29, 1.82) is 0 Å². The number of ether oxygens (including phenoxy) is 3. The van der Waals surface area contributed by atoms with Gasteiger partial charge in [-0.25, -0.2) is 10.2 Å². The lowest BCUT2D eigenvalue weighted by molar-refractivity contribution is -0.123. The Labute approximate surface area is 186 Å². The summed E-state index contributed by atoms with van der Waals surface area (Å²) in [5.74, 6) is 0.394. The summed E-state index contributed by atoms with van der Waals surface area (Å²) in [4.78, 5) is 24.2. The van der Waals surface area contributed by atoms with Crippen LogP contribution < -0.4 is 19.6 Å². The number of nitrogens with zero attached hydrogens (tertiary/aromatic N) is 1. The van der Waals surface area contributed by atoms with Gasteiger partial charge in [-0.1, -0.05) is 24.3 Å². The highest BCUT2D eigenvalue weighted by molar-refractivity contribution is 5.91. The fraction of sp³-hybridized carbons (Fsp3) is 0.160. The molecule has 0 spiro atoms. The summed E-state index contributed by atoms with van der Waals surface area (Å²) >= 11 is 0. The van der Waals surface area contributed by atoms with Gasteiger partial charge in [0.25, 0.3) is 5.91 Å². The van der Waals surface area contributed by atoms with Gasteiger partial charge in [-0.15, -0.1) is 0 Å². The maximum absolute atomic E-state index is 12.2. The number of hydrogen-bond acceptors (Lipinski definition) is 6. The SMILES string of the molecule is COc1cc(C=NNC(=O)COc2ccc(C)c(C)c2)ccc1OC(=O)c1ccccc1. The second kappa shape index (κ2) is 10.8. The fourth-order valence-electron chi connectivity index (χ4n) is 2.75. The van der Waals surface area contributed by atoms with E-state index in [0.29, 0.717) is 22.6 Å². The minimum atomic E-state index is -0.485. The van der Waals surface area contributed by atoms with Gasteiger partial charge in [0.15, 0.2) is 18.1 Å². The van der Waals surface area contributed by atoms with Crippen LogP contribution in [-0.4, -0.2) is 31.8 Å². The van der Waals surface area contributed by atoms with Gasteiger partial charge in [0, 0.05) is 0 Å². The quantitative estimate of drug-likeness (QED) is 0.251. The van der Waals surface area contributed by atoms with Crippen LogP contribution >= 0.6 is 0 Å². The van der Waals surface area contributed by atoms with Crippen LogP contribution in [0.25, 0.3) is 0 Å². The van der Waals surface area contributed by atoms with E-state index in [2.05, 4.69) is 10.5 Å². The molecule has 7 nitrogen and oxygen atoms in total. The minimum Gasteiger partial charge on any atom is -0.493 e. The second-order valence-corrected chi connectivity index (χ2v) is 6.99. The first-order chi connectivity index (χ1) is 15.5. The molecule has 0 heterocycles. The number of hydrogen-bond donors (Lipinski definition) is 1. The number of amides is 1. The summed E-state index contributed by atoms with van der Waals surface area (Å²) in [6, 6.07) is 19.3. The van der Waals surface area contributed by atoms with Crippen LogP contribution in [0.1, 0.15) is 27.0 Å². The predicted octanol–water partition coefficient (Wildman–Crippen LogP) is 4.06. The summed E-state index contributed by atoms with van der Waals surface area (Å²) in [6.07, 6.45) is 1.46. The van der Waals surface area contributed by atoms with E-state index in [4.69, 9.17) is 14.2 Å². The van der Waals surface area contributed by atoms with Crippen LogP contribution in [0.3, 0.4) is 0 Å². The molecule has 3 aromatic rings. The normalized spacial score (nSPS) is 10.6. The number of carbonyl (C=O) groups excluding carboxylic acids is 2. The summed E-state index contributed by atoms with van der Waals surface area (Å²) in [5.41, 5.74) is 5.74. The highest BCUT2D eigenvalue weighted by atomic mass is 16.6. The molecule has 7 heteroatoms. The third-order valence-electron chi connectivity index (χ3n) is 4.65. The summed E-state index contributed by atoms with van der Waals surface area (Å²) < 4.78 is 16.2. The topological polar surface area (TPSA) is 86.2 Å². The van der Waals surface area contributed by atoms with E-state index in [1.165, 1.54) is 13.3 Å². The van der Waals surface area contributed by atoms with Crippen molar-refractivity contribution >= 4 is 18.1 Å². The third kappa shape index (κ3) is 6.18. The highest BCUT2D eigenvalue weighted by Crippen LogP contribution is 2.28. The van der Waals surface area contributed by atoms with E-state index in [1.54, 1.807) is 42.5 Å². The van der Waals surface area contributed by atoms with Gasteiger partial charge in [0.05, 0.1) is 18.9 Å². The summed E-state index contributed by atoms with van der Waals surface area (Å²) in [7, 11) is 1.47. The molecule has 0 aliphatic heterocycles. The lowest BCUT2D eigenvalue weighted by Gasteiger charge is -2.10. The Morgan fingerprint density at radius 3 is 2.44 bits per heavy atom. The van der Waals surface area contributed by atoms with E-state index in [-0.39, 0.29) is 18.3 Å². The second-order valence-electron chi connectivity index (χ2n) is 6.99. The lowest BCUT2D eigenvalue weighted by Crippen LogP contribution is -2.24. The van der Waals surface area contributed by atoms with Crippen molar-refractivity contribution in [3.63, 3.8) is 0 Å². The van der Waals surface area contributed by atoms with Gasteiger partial charge >= 0.3 is 5.97 Å². The predicted molar refractivity (Wildman–Crippen MR) is 122 cm³/mol. The van der Waals surface area contributed by atoms with Gasteiger partial charge in [-0.2, -0.15) is 5.10 Å². The molecule has 0 bridgehead atoms. The Bertz CT molecular complexity index is 1130. The molecule has 0 aromatic heterocycles. The van der Waals surface area contributed by atoms with Gasteiger partial charge < -0.3 is 14.2 Å². The molecule has 0 radical (unpaired) electrons. The Kier molecular flexibility index (Phi) is 7.59. The molecule has 0 saturated carbocycles. The van der Waals surface area contributed by atoms with Gasteiger partial charge in [0.1, 0.15) is 5.75 Å². The van der Waals surface area contributed by atoms with Crippen molar-refractivity contribution in [2.75, 3.05) is 13.7 Å². The van der Waals surface area contributed by atoms with Crippen LogP contribution in [-0.2, 0) is 4.79 Å². The minimum absolute atomic E-state index is 0.155. The molecular weight excluding hydrogens is 408 g/mol. The van der Waals surface area contributed by atoms with Crippen molar-refractivity contribution in [2.45, 2.75) is 13.8 Å². The van der Waals surface area contributed by atoms with Gasteiger partial charge in [-0.05, 0) is 73.0 Å². The molecule has 0 atom stereocenters. The number of methoxy groups -OCH3 is 1. The molecule has 0 fully saturated rings. The van der Waals surface area contributed by atoms with E-state index in [0.717, 1.165) is 11.1 Å². The average molecular weight is 432 g/mol. The Hall–Kier alpha value is -4.13. The third-order valence-corrected chi connectivity index (χ3v) is 4.65. The van der Waals surface area contributed by atoms with Crippen LogP contribution in [0.4, 0.5) is 0 Å². The molecule has 164 valence electrons. The standard InChI is InChI=1S/C25H24N2O5/c1-17-9-11-21(13-18(17)2)31-16-24(28)27-26-15-19-10-12-22(23(14-19)30-3)32-25(29)20-7-5-4-6-8-20/h4-15H,16H2,1-3H3,(H,27,28). The fourth-order valence-corrected chi connectivity index (χ4v) is 2.75. The zero-order valence-electron chi connectivity index (χ0n) is 18.1. The molecule has 3 aromatic carbocycles. The van der Waals surface area contributed by atoms with Crippen molar-refractivity contribution < 1.29 is 23.8 Å². The van der Waals surface area contributed by atoms with Crippen molar-refractivity contribution in [3.8, 4) is 17.2 Å². The van der Waals surface area contributed by atoms with Crippen LogP contribution in [0.5, 0.6) is 17.2 Å². The molecular formula is C25H24N2O5. The first kappa shape index (κ1) is 22.6. The molecule has 3 rings (SSSR count). The molecule has 0 aliphatic rings. The van der Waals surface area contributed by atoms with Crippen LogP contribution in [0.2, 0.25) is 0 Å². The number of rotatable bonds is 8. The van der Waals surface area contributed by atoms with Gasteiger partial charge in [-0.3, -0.25) is 4.79 Å². The maximum atomic E-state index is 12.2. The zero-order valence-corrected chi connectivity index (χ0v) is 18.1. The lowest BCUT2D eigenvalue weighted by atomic mass is 10.1. The number of hydrazone groups is 1. The van der Waals surface area contributed by atoms with Crippen molar-refractivity contribution in [3.05, 3.63) is 89.0 Å². The molecule has 32 heavy (non-hydrogen) atoms. The monoisotopic (exact) mass is 432 g/mol. The summed E-state index contributed by atoms with van der Waals surface area (Å²) in [5, 5.41) is 3.93. The first-order valence-electron chi connectivity index (χ1n) is 9.93. The molecule has 0 unspecified atom stereocenters. The molecule has 0 aliphatic carbocycles. The van der Waals surface area contributed by atoms with Crippen molar-refractivity contribution in [1.82, 2.24) is 5.43 Å². The zero-order chi connectivity index (χ0) is 22.9. The number of aryl methyl sites for hydroxylation is 2. The average Bonchev–Trinajstić information content (AvgIpc) is 2.81. The molecule has 0 saturated heterocycles. The Balaban J connectivity index is 1.55. The first-order valence-corrected chi connectivity index (χ1v) is 9.93. The number of benzene rings is 3. The highest BCUT2D eigenvalue weighted by Gasteiger charge is 2.12. The van der Waals surface area contributed by atoms with Crippen molar-refractivity contribution in [2.24, 2.45) is 5.10 Å². The van der Waals surface area contributed by atoms with Crippen LogP contribution in [0, 0.1) is 13.8 Å². The van der Waals surface area contributed by atoms with E-state index in [9.17, 15) is 9.59 Å². The summed E-state index contributed by atoms with van der Waals surface area (Å²) in [6.45, 7) is 3.83. The Morgan fingerprint density at radius 2 is 1.72 bits per heavy atom.